The molecule has 6 heteroatoms. The van der Waals surface area contributed by atoms with Gasteiger partial charge >= 0.3 is 0 Å². The van der Waals surface area contributed by atoms with Gasteiger partial charge in [-0.3, -0.25) is 9.59 Å². The Labute approximate surface area is 167 Å². The largest absolute Gasteiger partial charge is 0.310 e. The molecule has 1 aliphatic heterocycles. The van der Waals surface area contributed by atoms with Gasteiger partial charge in [-0.15, -0.1) is 0 Å². The van der Waals surface area contributed by atoms with E-state index in [-0.39, 0.29) is 23.8 Å². The lowest BCUT2D eigenvalue weighted by Crippen LogP contribution is -2.31. The van der Waals surface area contributed by atoms with Crippen LogP contribution in [0.4, 0.5) is 5.82 Å². The van der Waals surface area contributed by atoms with E-state index in [1.807, 2.05) is 56.3 Å². The Morgan fingerprint density at radius 3 is 2.68 bits per heavy atom. The molecule has 0 spiro atoms. The van der Waals surface area contributed by atoms with E-state index in [9.17, 15) is 9.59 Å². The summed E-state index contributed by atoms with van der Waals surface area (Å²) in [5.41, 5.74) is 4.67. The molecular formula is C22H21N3O2S. The normalized spacial score (nSPS) is 15.8. The summed E-state index contributed by atoms with van der Waals surface area (Å²) in [6.07, 6.45) is 0.249. The van der Waals surface area contributed by atoms with E-state index in [1.54, 1.807) is 0 Å². The molecule has 142 valence electrons. The molecule has 5 nitrogen and oxygen atoms in total. The number of anilines is 1. The fraction of sp³-hybridized carbons (Fsp3) is 0.227. The number of benzene rings is 2. The SMILES string of the molecule is Cc1ccc(C)c(C2CC(=O)Nc3nc(SCc4ccccc4)[nH]c(=O)c32)c1. The first-order valence-corrected chi connectivity index (χ1v) is 10.2. The number of nitrogens with zero attached hydrogens (tertiary/aromatic N) is 1. The van der Waals surface area contributed by atoms with E-state index < -0.39 is 0 Å². The second-order valence-electron chi connectivity index (χ2n) is 7.07. The Kier molecular flexibility index (Phi) is 5.05. The van der Waals surface area contributed by atoms with Crippen LogP contribution >= 0.6 is 11.8 Å². The van der Waals surface area contributed by atoms with Crippen molar-refractivity contribution in [1.29, 1.82) is 0 Å². The molecule has 1 aliphatic rings. The summed E-state index contributed by atoms with van der Waals surface area (Å²) in [5, 5.41) is 3.30. The number of fused-ring (bicyclic) bond motifs is 1. The number of carbonyl (C=O) groups is 1. The van der Waals surface area contributed by atoms with Crippen LogP contribution in [0.1, 0.15) is 40.2 Å². The van der Waals surface area contributed by atoms with Crippen molar-refractivity contribution < 1.29 is 4.79 Å². The van der Waals surface area contributed by atoms with Gasteiger partial charge in [0.05, 0.1) is 5.56 Å². The minimum Gasteiger partial charge on any atom is -0.310 e. The highest BCUT2D eigenvalue weighted by molar-refractivity contribution is 7.98. The molecule has 0 fully saturated rings. The second-order valence-corrected chi connectivity index (χ2v) is 8.04. The van der Waals surface area contributed by atoms with Gasteiger partial charge in [0.2, 0.25) is 5.91 Å². The minimum atomic E-state index is -0.284. The van der Waals surface area contributed by atoms with Gasteiger partial charge in [0, 0.05) is 18.1 Å². The number of carbonyl (C=O) groups excluding carboxylic acids is 1. The molecule has 1 unspecified atom stereocenters. The summed E-state index contributed by atoms with van der Waals surface area (Å²) in [7, 11) is 0. The van der Waals surface area contributed by atoms with Crippen molar-refractivity contribution in [1.82, 2.24) is 9.97 Å². The molecule has 2 heterocycles. The zero-order valence-electron chi connectivity index (χ0n) is 15.8. The van der Waals surface area contributed by atoms with Crippen LogP contribution in [0.2, 0.25) is 0 Å². The van der Waals surface area contributed by atoms with E-state index in [2.05, 4.69) is 21.4 Å². The van der Waals surface area contributed by atoms with Crippen molar-refractivity contribution in [2.24, 2.45) is 0 Å². The molecule has 1 amide bonds. The Hall–Kier alpha value is -2.86. The number of aromatic nitrogens is 2. The number of nitrogens with one attached hydrogen (secondary N) is 2. The predicted molar refractivity (Wildman–Crippen MR) is 112 cm³/mol. The fourth-order valence-corrected chi connectivity index (χ4v) is 4.36. The van der Waals surface area contributed by atoms with Crippen LogP contribution in [0.15, 0.2) is 58.5 Å². The molecule has 3 aromatic rings. The molecule has 1 aromatic heterocycles. The van der Waals surface area contributed by atoms with Gasteiger partial charge < -0.3 is 10.3 Å². The van der Waals surface area contributed by atoms with Crippen LogP contribution in [0.3, 0.4) is 0 Å². The number of aryl methyl sites for hydroxylation is 2. The third kappa shape index (κ3) is 3.73. The Morgan fingerprint density at radius 2 is 1.89 bits per heavy atom. The molecule has 2 aromatic carbocycles. The lowest BCUT2D eigenvalue weighted by atomic mass is 9.84. The van der Waals surface area contributed by atoms with Crippen molar-refractivity contribution in [2.45, 2.75) is 37.1 Å². The molecule has 0 radical (unpaired) electrons. The molecule has 28 heavy (non-hydrogen) atoms. The minimum absolute atomic E-state index is 0.115. The van der Waals surface area contributed by atoms with E-state index in [0.717, 1.165) is 22.3 Å². The van der Waals surface area contributed by atoms with Crippen LogP contribution in [-0.2, 0) is 10.5 Å². The van der Waals surface area contributed by atoms with Crippen LogP contribution in [-0.4, -0.2) is 15.9 Å². The average molecular weight is 391 g/mol. The first-order valence-electron chi connectivity index (χ1n) is 9.19. The van der Waals surface area contributed by atoms with Gasteiger partial charge in [-0.2, -0.15) is 0 Å². The van der Waals surface area contributed by atoms with E-state index in [4.69, 9.17) is 0 Å². The van der Waals surface area contributed by atoms with Crippen LogP contribution in [0.25, 0.3) is 0 Å². The maximum atomic E-state index is 12.9. The topological polar surface area (TPSA) is 74.8 Å². The van der Waals surface area contributed by atoms with Crippen molar-refractivity contribution in [3.8, 4) is 0 Å². The summed E-state index contributed by atoms with van der Waals surface area (Å²) in [6, 6.07) is 16.1. The summed E-state index contributed by atoms with van der Waals surface area (Å²) in [6.45, 7) is 4.02. The first-order chi connectivity index (χ1) is 13.5. The number of rotatable bonds is 4. The van der Waals surface area contributed by atoms with E-state index in [1.165, 1.54) is 11.8 Å². The van der Waals surface area contributed by atoms with Crippen molar-refractivity contribution >= 4 is 23.5 Å². The van der Waals surface area contributed by atoms with E-state index >= 15 is 0 Å². The number of thioether (sulfide) groups is 1. The highest BCUT2D eigenvalue weighted by atomic mass is 32.2. The van der Waals surface area contributed by atoms with Crippen molar-refractivity contribution in [2.75, 3.05) is 5.32 Å². The predicted octanol–water partition coefficient (Wildman–Crippen LogP) is 4.15. The van der Waals surface area contributed by atoms with Crippen LogP contribution < -0.4 is 10.9 Å². The van der Waals surface area contributed by atoms with Crippen molar-refractivity contribution in [3.05, 3.63) is 86.7 Å². The summed E-state index contributed by atoms with van der Waals surface area (Å²) >= 11 is 1.45. The number of hydrogen-bond donors (Lipinski definition) is 2. The number of H-pyrrole nitrogens is 1. The lowest BCUT2D eigenvalue weighted by Gasteiger charge is -2.26. The molecule has 0 saturated heterocycles. The Morgan fingerprint density at radius 1 is 1.11 bits per heavy atom. The molecule has 1 atom stereocenters. The molecule has 0 aliphatic carbocycles. The zero-order chi connectivity index (χ0) is 19.7. The number of aromatic amines is 1. The maximum absolute atomic E-state index is 12.9. The highest BCUT2D eigenvalue weighted by Crippen LogP contribution is 2.36. The van der Waals surface area contributed by atoms with Gasteiger partial charge in [-0.25, -0.2) is 4.98 Å². The summed E-state index contributed by atoms with van der Waals surface area (Å²) < 4.78 is 0. The van der Waals surface area contributed by atoms with Gasteiger partial charge in [-0.1, -0.05) is 65.9 Å². The van der Waals surface area contributed by atoms with Gasteiger partial charge in [0.1, 0.15) is 5.82 Å². The van der Waals surface area contributed by atoms with Gasteiger partial charge in [-0.05, 0) is 30.5 Å². The number of amides is 1. The Balaban J connectivity index is 1.70. The van der Waals surface area contributed by atoms with Crippen molar-refractivity contribution in [3.63, 3.8) is 0 Å². The lowest BCUT2D eigenvalue weighted by molar-refractivity contribution is -0.116. The third-order valence-electron chi connectivity index (χ3n) is 4.96. The highest BCUT2D eigenvalue weighted by Gasteiger charge is 2.31. The molecule has 0 saturated carbocycles. The Bertz CT molecular complexity index is 1090. The average Bonchev–Trinajstić information content (AvgIpc) is 2.68. The van der Waals surface area contributed by atoms with Gasteiger partial charge in [0.15, 0.2) is 5.16 Å². The molecule has 2 N–H and O–H groups in total. The van der Waals surface area contributed by atoms with Gasteiger partial charge in [0.25, 0.3) is 5.56 Å². The number of hydrogen-bond acceptors (Lipinski definition) is 4. The second kappa shape index (κ2) is 7.64. The molecule has 0 bridgehead atoms. The maximum Gasteiger partial charge on any atom is 0.257 e. The van der Waals surface area contributed by atoms with Crippen LogP contribution in [0, 0.1) is 13.8 Å². The smallest absolute Gasteiger partial charge is 0.257 e. The fourth-order valence-electron chi connectivity index (χ4n) is 3.55. The first kappa shape index (κ1) is 18.5. The summed E-state index contributed by atoms with van der Waals surface area (Å²) in [5.74, 6) is 0.668. The molecule has 4 rings (SSSR count). The van der Waals surface area contributed by atoms with Crippen LogP contribution in [0.5, 0.6) is 0 Å². The molecular weight excluding hydrogens is 370 g/mol. The standard InChI is InChI=1S/C22H21N3O2S/c1-13-8-9-14(2)16(10-13)17-11-18(26)23-20-19(17)21(27)25-22(24-20)28-12-15-6-4-3-5-7-15/h3-10,17H,11-12H2,1-2H3,(H2,23,24,25,26,27). The third-order valence-corrected chi connectivity index (χ3v) is 5.90. The quantitative estimate of drug-likeness (QED) is 0.517. The zero-order valence-corrected chi connectivity index (χ0v) is 16.6. The van der Waals surface area contributed by atoms with E-state index in [0.29, 0.717) is 22.3 Å². The summed E-state index contributed by atoms with van der Waals surface area (Å²) in [4.78, 5) is 32.7. The monoisotopic (exact) mass is 391 g/mol.